The summed E-state index contributed by atoms with van der Waals surface area (Å²) < 4.78 is 34.8. The summed E-state index contributed by atoms with van der Waals surface area (Å²) in [6.45, 7) is 2.98. The van der Waals surface area contributed by atoms with Gasteiger partial charge < -0.3 is 10.4 Å². The van der Waals surface area contributed by atoms with Crippen molar-refractivity contribution in [2.24, 2.45) is 0 Å². The van der Waals surface area contributed by atoms with Gasteiger partial charge in [-0.05, 0) is 0 Å². The zero-order valence-electron chi connectivity index (χ0n) is 6.44. The highest BCUT2D eigenvalue weighted by Crippen LogP contribution is 2.19. The fourth-order valence-corrected chi connectivity index (χ4v) is 0.463. The van der Waals surface area contributed by atoms with E-state index in [2.05, 4.69) is 5.32 Å². The molecule has 0 amide bonds. The number of nitrogens with one attached hydrogen (secondary N) is 1. The van der Waals surface area contributed by atoms with E-state index in [-0.39, 0.29) is 6.04 Å². The highest BCUT2D eigenvalue weighted by atomic mass is 19.4. The van der Waals surface area contributed by atoms with Gasteiger partial charge in [-0.15, -0.1) is 0 Å². The second kappa shape index (κ2) is 3.92. The first-order chi connectivity index (χ1) is 4.84. The van der Waals surface area contributed by atoms with Gasteiger partial charge in [0, 0.05) is 12.6 Å². The summed E-state index contributed by atoms with van der Waals surface area (Å²) in [6, 6.07) is -0.0491. The quantitative estimate of drug-likeness (QED) is 0.661. The van der Waals surface area contributed by atoms with E-state index in [1.165, 1.54) is 0 Å². The number of hydrogen-bond acceptors (Lipinski definition) is 2. The molecule has 0 rings (SSSR count). The predicted molar refractivity (Wildman–Crippen MR) is 35.2 cm³/mol. The molecule has 0 heterocycles. The van der Waals surface area contributed by atoms with E-state index in [1.807, 2.05) is 0 Å². The molecule has 0 radical (unpaired) electrons. The summed E-state index contributed by atoms with van der Waals surface area (Å²) in [6.07, 6.45) is -6.77. The van der Waals surface area contributed by atoms with Crippen LogP contribution in [-0.4, -0.2) is 30.0 Å². The monoisotopic (exact) mass is 171 g/mol. The number of aliphatic hydroxyl groups excluding tert-OH is 1. The summed E-state index contributed by atoms with van der Waals surface area (Å²) in [4.78, 5) is 0. The molecule has 0 unspecified atom stereocenters. The van der Waals surface area contributed by atoms with Crippen molar-refractivity contribution in [3.05, 3.63) is 0 Å². The summed E-state index contributed by atoms with van der Waals surface area (Å²) in [5, 5.41) is 10.9. The molecule has 5 heteroatoms. The predicted octanol–water partition coefficient (Wildman–Crippen LogP) is 0.908. The lowest BCUT2D eigenvalue weighted by Crippen LogP contribution is -2.40. The molecule has 2 nitrogen and oxygen atoms in total. The first kappa shape index (κ1) is 10.7. The molecule has 11 heavy (non-hydrogen) atoms. The first-order valence-corrected chi connectivity index (χ1v) is 3.32. The molecule has 68 valence electrons. The van der Waals surface area contributed by atoms with Gasteiger partial charge >= 0.3 is 6.18 Å². The molecular formula is C6H12F3NO. The maximum atomic E-state index is 11.6. The Labute approximate surface area is 63.4 Å². The van der Waals surface area contributed by atoms with Gasteiger partial charge in [0.2, 0.25) is 0 Å². The van der Waals surface area contributed by atoms with Gasteiger partial charge in [0.15, 0.2) is 6.10 Å². The third-order valence-corrected chi connectivity index (χ3v) is 1.10. The van der Waals surface area contributed by atoms with Gasteiger partial charge in [-0.2, -0.15) is 13.2 Å². The number of halogens is 3. The number of rotatable bonds is 3. The second-order valence-electron chi connectivity index (χ2n) is 2.62. The molecule has 1 atom stereocenters. The van der Waals surface area contributed by atoms with Crippen LogP contribution in [0.15, 0.2) is 0 Å². The van der Waals surface area contributed by atoms with Crippen LogP contribution < -0.4 is 5.32 Å². The molecule has 0 saturated heterocycles. The van der Waals surface area contributed by atoms with Gasteiger partial charge in [-0.1, -0.05) is 13.8 Å². The second-order valence-corrected chi connectivity index (χ2v) is 2.62. The molecule has 2 N–H and O–H groups in total. The summed E-state index contributed by atoms with van der Waals surface area (Å²) in [7, 11) is 0. The third kappa shape index (κ3) is 5.03. The van der Waals surface area contributed by atoms with Crippen LogP contribution >= 0.6 is 0 Å². The first-order valence-electron chi connectivity index (χ1n) is 3.32. The normalized spacial score (nSPS) is 15.5. The Morgan fingerprint density at radius 1 is 1.36 bits per heavy atom. The van der Waals surface area contributed by atoms with Crippen LogP contribution in [0.3, 0.4) is 0 Å². The zero-order valence-corrected chi connectivity index (χ0v) is 6.44. The highest BCUT2D eigenvalue weighted by molar-refractivity contribution is 4.68. The lowest BCUT2D eigenvalue weighted by molar-refractivity contribution is -0.202. The smallest absolute Gasteiger partial charge is 0.382 e. The number of alkyl halides is 3. The largest absolute Gasteiger partial charge is 0.415 e. The summed E-state index contributed by atoms with van der Waals surface area (Å²) in [5.41, 5.74) is 0. The SMILES string of the molecule is CC(C)NC[C@@H](O)C(F)(F)F. The number of hydrogen-bond donors (Lipinski definition) is 2. The molecule has 0 aliphatic heterocycles. The van der Waals surface area contributed by atoms with Gasteiger partial charge in [0.1, 0.15) is 0 Å². The lowest BCUT2D eigenvalue weighted by atomic mass is 10.3. The fraction of sp³-hybridized carbons (Fsp3) is 1.00. The van der Waals surface area contributed by atoms with E-state index >= 15 is 0 Å². The fourth-order valence-electron chi connectivity index (χ4n) is 0.463. The molecular weight excluding hydrogens is 159 g/mol. The van der Waals surface area contributed by atoms with Crippen LogP contribution in [0.2, 0.25) is 0 Å². The van der Waals surface area contributed by atoms with Crippen molar-refractivity contribution < 1.29 is 18.3 Å². The van der Waals surface area contributed by atoms with Crippen molar-refractivity contribution in [3.8, 4) is 0 Å². The van der Waals surface area contributed by atoms with E-state index in [4.69, 9.17) is 5.11 Å². The van der Waals surface area contributed by atoms with Crippen LogP contribution in [0.25, 0.3) is 0 Å². The Kier molecular flexibility index (Phi) is 3.82. The van der Waals surface area contributed by atoms with Crippen molar-refractivity contribution in [2.45, 2.75) is 32.2 Å². The molecule has 0 aromatic heterocycles. The average molecular weight is 171 g/mol. The maximum Gasteiger partial charge on any atom is 0.415 e. The Bertz CT molecular complexity index is 113. The standard InChI is InChI=1S/C6H12F3NO/c1-4(2)10-3-5(11)6(7,8)9/h4-5,10-11H,3H2,1-2H3/t5-/m1/s1. The van der Waals surface area contributed by atoms with E-state index in [9.17, 15) is 13.2 Å². The van der Waals surface area contributed by atoms with Crippen LogP contribution in [0.1, 0.15) is 13.8 Å². The van der Waals surface area contributed by atoms with Crippen LogP contribution in [-0.2, 0) is 0 Å². The molecule has 0 saturated carbocycles. The molecule has 0 spiro atoms. The minimum absolute atomic E-state index is 0.0491. The van der Waals surface area contributed by atoms with Crippen molar-refractivity contribution in [1.29, 1.82) is 0 Å². The van der Waals surface area contributed by atoms with E-state index in [1.54, 1.807) is 13.8 Å². The average Bonchev–Trinajstić information content (AvgIpc) is 1.80. The van der Waals surface area contributed by atoms with E-state index in [0.717, 1.165) is 0 Å². The topological polar surface area (TPSA) is 32.3 Å². The Hall–Kier alpha value is -0.290. The van der Waals surface area contributed by atoms with Crippen molar-refractivity contribution in [3.63, 3.8) is 0 Å². The molecule has 0 fully saturated rings. The zero-order chi connectivity index (χ0) is 9.07. The van der Waals surface area contributed by atoms with Crippen LogP contribution in [0, 0.1) is 0 Å². The molecule has 0 bridgehead atoms. The van der Waals surface area contributed by atoms with E-state index in [0.29, 0.717) is 0 Å². The number of aliphatic hydroxyl groups is 1. The van der Waals surface area contributed by atoms with Gasteiger partial charge in [0.05, 0.1) is 0 Å². The van der Waals surface area contributed by atoms with Gasteiger partial charge in [-0.3, -0.25) is 0 Å². The Morgan fingerprint density at radius 3 is 2.09 bits per heavy atom. The summed E-state index contributed by atoms with van der Waals surface area (Å²) >= 11 is 0. The van der Waals surface area contributed by atoms with Crippen LogP contribution in [0.4, 0.5) is 13.2 Å². The Balaban J connectivity index is 3.61. The van der Waals surface area contributed by atoms with Crippen molar-refractivity contribution in [2.75, 3.05) is 6.54 Å². The summed E-state index contributed by atoms with van der Waals surface area (Å²) in [5.74, 6) is 0. The van der Waals surface area contributed by atoms with Crippen LogP contribution in [0.5, 0.6) is 0 Å². The Morgan fingerprint density at radius 2 is 1.82 bits per heavy atom. The third-order valence-electron chi connectivity index (χ3n) is 1.10. The van der Waals surface area contributed by atoms with Gasteiger partial charge in [0.25, 0.3) is 0 Å². The van der Waals surface area contributed by atoms with Crippen molar-refractivity contribution in [1.82, 2.24) is 5.32 Å². The molecule has 0 aromatic carbocycles. The van der Waals surface area contributed by atoms with Gasteiger partial charge in [-0.25, -0.2) is 0 Å². The lowest BCUT2D eigenvalue weighted by Gasteiger charge is -2.16. The minimum atomic E-state index is -4.51. The van der Waals surface area contributed by atoms with Crippen molar-refractivity contribution >= 4 is 0 Å². The van der Waals surface area contributed by atoms with E-state index < -0.39 is 18.8 Å². The molecule has 0 aliphatic carbocycles. The maximum absolute atomic E-state index is 11.6. The minimum Gasteiger partial charge on any atom is -0.382 e. The highest BCUT2D eigenvalue weighted by Gasteiger charge is 2.37. The molecule has 0 aromatic rings. The molecule has 0 aliphatic rings.